The van der Waals surface area contributed by atoms with Crippen LogP contribution in [0.1, 0.15) is 28.8 Å². The summed E-state index contributed by atoms with van der Waals surface area (Å²) in [5, 5.41) is 17.6. The minimum absolute atomic E-state index is 0.0368. The Hall–Kier alpha value is -1.88. The molecule has 20 heavy (non-hydrogen) atoms. The summed E-state index contributed by atoms with van der Waals surface area (Å²) in [5.74, 6) is -3.85. The lowest BCUT2D eigenvalue weighted by Gasteiger charge is -2.08. The molecule has 0 radical (unpaired) electrons. The van der Waals surface area contributed by atoms with Crippen molar-refractivity contribution in [2.24, 2.45) is 5.92 Å². The fraction of sp³-hybridized carbons (Fsp3) is 0.357. The van der Waals surface area contributed by atoms with Crippen LogP contribution in [0, 0.1) is 5.92 Å². The zero-order valence-electron chi connectivity index (χ0n) is 10.7. The maximum Gasteiger partial charge on any atom is 0.318 e. The summed E-state index contributed by atoms with van der Waals surface area (Å²) in [4.78, 5) is 33.3. The fourth-order valence-electron chi connectivity index (χ4n) is 1.71. The van der Waals surface area contributed by atoms with Crippen LogP contribution in [0.15, 0.2) is 24.3 Å². The van der Waals surface area contributed by atoms with E-state index in [1.54, 1.807) is 24.3 Å². The molecule has 0 saturated heterocycles. The van der Waals surface area contributed by atoms with Crippen LogP contribution in [0.2, 0.25) is 0 Å². The van der Waals surface area contributed by atoms with Gasteiger partial charge in [-0.1, -0.05) is 24.3 Å². The highest BCUT2D eigenvalue weighted by Crippen LogP contribution is 2.13. The Morgan fingerprint density at radius 3 is 2.05 bits per heavy atom. The largest absolute Gasteiger partial charge is 0.481 e. The van der Waals surface area contributed by atoms with Crippen molar-refractivity contribution in [3.8, 4) is 0 Å². The summed E-state index contributed by atoms with van der Waals surface area (Å²) >= 11 is 5.51. The molecule has 0 bridgehead atoms. The van der Waals surface area contributed by atoms with Gasteiger partial charge in [0.2, 0.25) is 0 Å². The molecule has 1 aromatic rings. The van der Waals surface area contributed by atoms with E-state index in [1.165, 1.54) is 0 Å². The van der Waals surface area contributed by atoms with E-state index in [2.05, 4.69) is 0 Å². The quantitative estimate of drug-likeness (QED) is 0.436. The van der Waals surface area contributed by atoms with Gasteiger partial charge in [0, 0.05) is 17.9 Å². The van der Waals surface area contributed by atoms with Crippen molar-refractivity contribution in [2.75, 3.05) is 5.88 Å². The van der Waals surface area contributed by atoms with Crippen LogP contribution in [0.4, 0.5) is 0 Å². The van der Waals surface area contributed by atoms with Gasteiger partial charge in [0.25, 0.3) is 0 Å². The Morgan fingerprint density at radius 2 is 1.60 bits per heavy atom. The Labute approximate surface area is 121 Å². The Balaban J connectivity index is 2.73. The molecule has 108 valence electrons. The lowest BCUT2D eigenvalue weighted by molar-refractivity contribution is -0.154. The standard InChI is InChI=1S/C14H15ClO5/c15-7-1-2-12(16)10-5-3-9(4-6-10)8-11(13(17)18)14(19)20/h3-6,11H,1-2,7-8H2,(H,17,18)(H,19,20). The zero-order chi connectivity index (χ0) is 15.1. The average Bonchev–Trinajstić information content (AvgIpc) is 2.42. The van der Waals surface area contributed by atoms with Gasteiger partial charge in [-0.25, -0.2) is 0 Å². The SMILES string of the molecule is O=C(CCCCl)c1ccc(CC(C(=O)O)C(=O)O)cc1. The number of carboxylic acid groups (broad SMARTS) is 2. The van der Waals surface area contributed by atoms with E-state index in [0.29, 0.717) is 29.8 Å². The number of carbonyl (C=O) groups excluding carboxylic acids is 1. The van der Waals surface area contributed by atoms with E-state index in [-0.39, 0.29) is 12.2 Å². The number of aliphatic carboxylic acids is 2. The molecule has 1 rings (SSSR count). The highest BCUT2D eigenvalue weighted by atomic mass is 35.5. The van der Waals surface area contributed by atoms with Crippen LogP contribution >= 0.6 is 11.6 Å². The van der Waals surface area contributed by atoms with Crippen molar-refractivity contribution in [3.05, 3.63) is 35.4 Å². The normalized spacial score (nSPS) is 10.5. The minimum Gasteiger partial charge on any atom is -0.481 e. The Bertz CT molecular complexity index is 481. The molecule has 0 aliphatic heterocycles. The topological polar surface area (TPSA) is 91.7 Å². The Morgan fingerprint density at radius 1 is 1.05 bits per heavy atom. The Kier molecular flexibility index (Phi) is 6.18. The first-order chi connectivity index (χ1) is 9.45. The molecule has 0 aromatic heterocycles. The summed E-state index contributed by atoms with van der Waals surface area (Å²) in [6.07, 6.45) is 0.846. The van der Waals surface area contributed by atoms with Gasteiger partial charge in [-0.15, -0.1) is 11.6 Å². The van der Waals surface area contributed by atoms with E-state index < -0.39 is 17.9 Å². The van der Waals surface area contributed by atoms with Crippen LogP contribution in [-0.4, -0.2) is 33.8 Å². The lowest BCUT2D eigenvalue weighted by Crippen LogP contribution is -2.25. The number of benzene rings is 1. The van der Waals surface area contributed by atoms with Gasteiger partial charge >= 0.3 is 11.9 Å². The van der Waals surface area contributed by atoms with Gasteiger partial charge in [-0.2, -0.15) is 0 Å². The number of hydrogen-bond donors (Lipinski definition) is 2. The van der Waals surface area contributed by atoms with Crippen molar-refractivity contribution in [3.63, 3.8) is 0 Å². The third kappa shape index (κ3) is 4.66. The molecule has 0 aliphatic rings. The van der Waals surface area contributed by atoms with E-state index >= 15 is 0 Å². The molecule has 5 nitrogen and oxygen atoms in total. The van der Waals surface area contributed by atoms with Crippen molar-refractivity contribution in [1.29, 1.82) is 0 Å². The summed E-state index contributed by atoms with van der Waals surface area (Å²) in [6, 6.07) is 6.30. The number of Topliss-reactive ketones (excluding diaryl/α,β-unsaturated/α-hetero) is 1. The zero-order valence-corrected chi connectivity index (χ0v) is 11.5. The van der Waals surface area contributed by atoms with Crippen LogP contribution < -0.4 is 0 Å². The van der Waals surface area contributed by atoms with Crippen LogP contribution in [-0.2, 0) is 16.0 Å². The minimum atomic E-state index is -1.48. The van der Waals surface area contributed by atoms with Crippen molar-refractivity contribution in [2.45, 2.75) is 19.3 Å². The summed E-state index contributed by atoms with van der Waals surface area (Å²) in [7, 11) is 0. The molecule has 0 aliphatic carbocycles. The van der Waals surface area contributed by atoms with E-state index in [9.17, 15) is 14.4 Å². The molecular formula is C14H15ClO5. The van der Waals surface area contributed by atoms with Gasteiger partial charge in [-0.05, 0) is 18.4 Å². The third-order valence-corrected chi connectivity index (χ3v) is 3.12. The summed E-state index contributed by atoms with van der Waals surface area (Å²) in [6.45, 7) is 0. The molecule has 0 heterocycles. The first-order valence-corrected chi connectivity index (χ1v) is 6.63. The second-order valence-corrected chi connectivity index (χ2v) is 4.72. The number of carboxylic acids is 2. The van der Waals surface area contributed by atoms with E-state index in [1.807, 2.05) is 0 Å². The lowest BCUT2D eigenvalue weighted by atomic mass is 9.97. The maximum absolute atomic E-state index is 11.7. The first kappa shape index (κ1) is 16.2. The maximum atomic E-state index is 11.7. The second kappa shape index (κ2) is 7.65. The van der Waals surface area contributed by atoms with Crippen LogP contribution in [0.25, 0.3) is 0 Å². The molecule has 0 spiro atoms. The van der Waals surface area contributed by atoms with Gasteiger partial charge in [0.15, 0.2) is 11.7 Å². The number of halogens is 1. The summed E-state index contributed by atoms with van der Waals surface area (Å²) < 4.78 is 0. The first-order valence-electron chi connectivity index (χ1n) is 6.09. The van der Waals surface area contributed by atoms with Gasteiger partial charge in [-0.3, -0.25) is 14.4 Å². The second-order valence-electron chi connectivity index (χ2n) is 4.35. The molecular weight excluding hydrogens is 284 g/mol. The van der Waals surface area contributed by atoms with Crippen molar-refractivity contribution >= 4 is 29.3 Å². The van der Waals surface area contributed by atoms with Crippen molar-refractivity contribution < 1.29 is 24.6 Å². The predicted octanol–water partition coefficient (Wildman–Crippen LogP) is 2.22. The number of hydrogen-bond acceptors (Lipinski definition) is 3. The predicted molar refractivity (Wildman–Crippen MR) is 73.2 cm³/mol. The average molecular weight is 299 g/mol. The number of ketones is 1. The molecule has 0 fully saturated rings. The number of carbonyl (C=O) groups is 3. The number of rotatable bonds is 8. The molecule has 0 atom stereocenters. The molecule has 0 unspecified atom stereocenters. The number of alkyl halides is 1. The highest BCUT2D eigenvalue weighted by molar-refractivity contribution is 6.18. The fourth-order valence-corrected chi connectivity index (χ4v) is 1.85. The smallest absolute Gasteiger partial charge is 0.318 e. The molecule has 0 saturated carbocycles. The van der Waals surface area contributed by atoms with Gasteiger partial charge in [0.05, 0.1) is 0 Å². The van der Waals surface area contributed by atoms with E-state index in [4.69, 9.17) is 21.8 Å². The van der Waals surface area contributed by atoms with Crippen LogP contribution in [0.3, 0.4) is 0 Å². The van der Waals surface area contributed by atoms with Crippen LogP contribution in [0.5, 0.6) is 0 Å². The monoisotopic (exact) mass is 298 g/mol. The molecule has 2 N–H and O–H groups in total. The molecule has 1 aromatic carbocycles. The molecule has 0 amide bonds. The highest BCUT2D eigenvalue weighted by Gasteiger charge is 2.25. The van der Waals surface area contributed by atoms with Crippen molar-refractivity contribution in [1.82, 2.24) is 0 Å². The third-order valence-electron chi connectivity index (χ3n) is 2.85. The molecule has 6 heteroatoms. The summed E-state index contributed by atoms with van der Waals surface area (Å²) in [5.41, 5.74) is 1.08. The van der Waals surface area contributed by atoms with Gasteiger partial charge < -0.3 is 10.2 Å². The van der Waals surface area contributed by atoms with Gasteiger partial charge in [0.1, 0.15) is 0 Å². The van der Waals surface area contributed by atoms with E-state index in [0.717, 1.165) is 0 Å².